The average Bonchev–Trinajstić information content (AvgIpc) is 3.13. The van der Waals surface area contributed by atoms with Gasteiger partial charge in [0.25, 0.3) is 5.91 Å². The first kappa shape index (κ1) is 21.5. The van der Waals surface area contributed by atoms with Crippen LogP contribution in [0.2, 0.25) is 0 Å². The van der Waals surface area contributed by atoms with Gasteiger partial charge in [-0.2, -0.15) is 0 Å². The number of hydrogen-bond acceptors (Lipinski definition) is 6. The van der Waals surface area contributed by atoms with Gasteiger partial charge in [-0.25, -0.2) is 17.5 Å². The molecule has 0 aliphatic rings. The van der Waals surface area contributed by atoms with Crippen LogP contribution in [-0.4, -0.2) is 44.8 Å². The van der Waals surface area contributed by atoms with E-state index in [1.54, 1.807) is 37.3 Å². The fraction of sp³-hybridized carbons (Fsp3) is 0.238. The highest BCUT2D eigenvalue weighted by Crippen LogP contribution is 2.23. The molecular weight excluding hydrogens is 408 g/mol. The highest BCUT2D eigenvalue weighted by atomic mass is 32.2. The monoisotopic (exact) mass is 430 g/mol. The average molecular weight is 430 g/mol. The Kier molecular flexibility index (Phi) is 5.95. The van der Waals surface area contributed by atoms with E-state index in [-0.39, 0.29) is 10.7 Å². The second kappa shape index (κ2) is 8.29. The lowest BCUT2D eigenvalue weighted by Gasteiger charge is -2.16. The number of hydrogen-bond donors (Lipinski definition) is 1. The molecule has 0 bridgehead atoms. The van der Waals surface area contributed by atoms with E-state index in [2.05, 4.69) is 5.32 Å². The number of ether oxygens (including phenoxy) is 1. The van der Waals surface area contributed by atoms with Gasteiger partial charge in [0.05, 0.1) is 4.90 Å². The normalized spacial score (nSPS) is 12.7. The van der Waals surface area contributed by atoms with Gasteiger partial charge in [0.1, 0.15) is 5.58 Å². The minimum atomic E-state index is -3.66. The molecule has 0 spiro atoms. The van der Waals surface area contributed by atoms with Crippen LogP contribution in [0.25, 0.3) is 11.0 Å². The smallest absolute Gasteiger partial charge is 0.375 e. The van der Waals surface area contributed by atoms with E-state index in [1.165, 1.54) is 33.2 Å². The molecule has 9 heteroatoms. The Morgan fingerprint density at radius 1 is 1.10 bits per heavy atom. The van der Waals surface area contributed by atoms with Crippen LogP contribution in [0.4, 0.5) is 5.69 Å². The number of para-hydroxylation sites is 1. The van der Waals surface area contributed by atoms with Gasteiger partial charge in [-0.05, 0) is 43.7 Å². The SMILES string of the molecule is Cc1ccc(S(=O)(=O)N(C)C)cc1NC(=O)C(C)OC(=O)c1cc2ccccc2o1. The molecule has 0 saturated heterocycles. The summed E-state index contributed by atoms with van der Waals surface area (Å²) < 4.78 is 36.4. The Bertz CT molecular complexity index is 1180. The molecule has 1 heterocycles. The number of sulfonamides is 1. The molecule has 0 saturated carbocycles. The van der Waals surface area contributed by atoms with E-state index >= 15 is 0 Å². The molecule has 1 N–H and O–H groups in total. The molecule has 158 valence electrons. The van der Waals surface area contributed by atoms with Crippen molar-refractivity contribution in [3.05, 3.63) is 59.9 Å². The number of amides is 1. The van der Waals surface area contributed by atoms with Gasteiger partial charge in [-0.3, -0.25) is 4.79 Å². The third kappa shape index (κ3) is 4.37. The van der Waals surface area contributed by atoms with Gasteiger partial charge in [0.15, 0.2) is 6.10 Å². The van der Waals surface area contributed by atoms with Crippen molar-refractivity contribution in [2.24, 2.45) is 0 Å². The van der Waals surface area contributed by atoms with Crippen molar-refractivity contribution in [2.75, 3.05) is 19.4 Å². The lowest BCUT2D eigenvalue weighted by Crippen LogP contribution is -2.30. The number of nitrogens with one attached hydrogen (secondary N) is 1. The van der Waals surface area contributed by atoms with Crippen molar-refractivity contribution in [2.45, 2.75) is 24.8 Å². The van der Waals surface area contributed by atoms with Crippen LogP contribution in [0.5, 0.6) is 0 Å². The van der Waals surface area contributed by atoms with Crippen molar-refractivity contribution >= 4 is 38.6 Å². The zero-order valence-corrected chi connectivity index (χ0v) is 17.8. The molecule has 0 aliphatic carbocycles. The molecule has 1 aromatic heterocycles. The number of benzene rings is 2. The Morgan fingerprint density at radius 3 is 2.47 bits per heavy atom. The largest absolute Gasteiger partial charge is 0.449 e. The number of carbonyl (C=O) groups excluding carboxylic acids is 2. The van der Waals surface area contributed by atoms with Crippen molar-refractivity contribution in [3.63, 3.8) is 0 Å². The third-order valence-corrected chi connectivity index (χ3v) is 6.34. The number of anilines is 1. The van der Waals surface area contributed by atoms with E-state index in [9.17, 15) is 18.0 Å². The van der Waals surface area contributed by atoms with E-state index in [1.807, 2.05) is 6.07 Å². The Hall–Kier alpha value is -3.17. The molecule has 0 fully saturated rings. The van der Waals surface area contributed by atoms with Gasteiger partial charge in [-0.1, -0.05) is 24.3 Å². The summed E-state index contributed by atoms with van der Waals surface area (Å²) in [5, 5.41) is 3.36. The lowest BCUT2D eigenvalue weighted by atomic mass is 10.2. The third-order valence-electron chi connectivity index (χ3n) is 4.53. The van der Waals surface area contributed by atoms with Crippen LogP contribution in [-0.2, 0) is 19.6 Å². The van der Waals surface area contributed by atoms with Crippen molar-refractivity contribution < 1.29 is 27.2 Å². The lowest BCUT2D eigenvalue weighted by molar-refractivity contribution is -0.123. The quantitative estimate of drug-likeness (QED) is 0.602. The standard InChI is InChI=1S/C21H22N2O6S/c1-13-9-10-16(30(26,27)23(3)4)12-17(13)22-20(24)14(2)28-21(25)19-11-15-7-5-6-8-18(15)29-19/h5-12,14H,1-4H3,(H,22,24). The van der Waals surface area contributed by atoms with E-state index in [0.717, 1.165) is 9.69 Å². The van der Waals surface area contributed by atoms with Gasteiger partial charge in [-0.15, -0.1) is 0 Å². The fourth-order valence-electron chi connectivity index (χ4n) is 2.70. The summed E-state index contributed by atoms with van der Waals surface area (Å²) in [6.45, 7) is 3.15. The van der Waals surface area contributed by atoms with Gasteiger partial charge >= 0.3 is 5.97 Å². The summed E-state index contributed by atoms with van der Waals surface area (Å²) in [5.41, 5.74) is 1.52. The zero-order chi connectivity index (χ0) is 22.1. The molecule has 3 rings (SSSR count). The maximum Gasteiger partial charge on any atom is 0.375 e. The number of fused-ring (bicyclic) bond motifs is 1. The number of esters is 1. The number of nitrogens with zero attached hydrogens (tertiary/aromatic N) is 1. The van der Waals surface area contributed by atoms with Crippen LogP contribution in [0.1, 0.15) is 23.0 Å². The molecule has 0 aliphatic heterocycles. The van der Waals surface area contributed by atoms with Crippen molar-refractivity contribution in [1.82, 2.24) is 4.31 Å². The van der Waals surface area contributed by atoms with Crippen LogP contribution >= 0.6 is 0 Å². The minimum absolute atomic E-state index is 0.00824. The molecular formula is C21H22N2O6S. The molecule has 8 nitrogen and oxygen atoms in total. The fourth-order valence-corrected chi connectivity index (χ4v) is 3.62. The first-order valence-corrected chi connectivity index (χ1v) is 10.6. The summed E-state index contributed by atoms with van der Waals surface area (Å²) in [7, 11) is -0.808. The van der Waals surface area contributed by atoms with Crippen molar-refractivity contribution in [1.29, 1.82) is 0 Å². The Morgan fingerprint density at radius 2 is 1.80 bits per heavy atom. The molecule has 0 radical (unpaired) electrons. The van der Waals surface area contributed by atoms with Crippen LogP contribution in [0.15, 0.2) is 57.8 Å². The van der Waals surface area contributed by atoms with Crippen molar-refractivity contribution in [3.8, 4) is 0 Å². The number of furan rings is 1. The second-order valence-electron chi connectivity index (χ2n) is 6.95. The summed E-state index contributed by atoms with van der Waals surface area (Å²) in [5.74, 6) is -1.37. The van der Waals surface area contributed by atoms with E-state index < -0.39 is 28.0 Å². The number of carbonyl (C=O) groups is 2. The Labute approximate surface area is 174 Å². The van der Waals surface area contributed by atoms with Gasteiger partial charge < -0.3 is 14.5 Å². The maximum atomic E-state index is 12.5. The van der Waals surface area contributed by atoms with Crippen LogP contribution < -0.4 is 5.32 Å². The first-order valence-electron chi connectivity index (χ1n) is 9.13. The minimum Gasteiger partial charge on any atom is -0.449 e. The van der Waals surface area contributed by atoms with Gasteiger partial charge in [0.2, 0.25) is 15.8 Å². The molecule has 3 aromatic rings. The molecule has 1 amide bonds. The first-order chi connectivity index (χ1) is 14.1. The van der Waals surface area contributed by atoms with Crippen LogP contribution in [0, 0.1) is 6.92 Å². The van der Waals surface area contributed by atoms with Crippen LogP contribution in [0.3, 0.4) is 0 Å². The summed E-state index contributed by atoms with van der Waals surface area (Å²) in [6.07, 6.45) is -1.13. The Balaban J connectivity index is 1.73. The summed E-state index contributed by atoms with van der Waals surface area (Å²) in [6, 6.07) is 13.1. The number of aryl methyl sites for hydroxylation is 1. The van der Waals surface area contributed by atoms with E-state index in [0.29, 0.717) is 16.8 Å². The zero-order valence-electron chi connectivity index (χ0n) is 17.0. The van der Waals surface area contributed by atoms with Gasteiger partial charge in [0, 0.05) is 25.2 Å². The molecule has 1 unspecified atom stereocenters. The predicted octanol–water partition coefficient (Wildman–Crippen LogP) is 3.18. The topological polar surface area (TPSA) is 106 Å². The highest BCUT2D eigenvalue weighted by Gasteiger charge is 2.23. The second-order valence-corrected chi connectivity index (χ2v) is 9.10. The molecule has 2 aromatic carbocycles. The van der Waals surface area contributed by atoms with E-state index in [4.69, 9.17) is 9.15 Å². The summed E-state index contributed by atoms with van der Waals surface area (Å²) >= 11 is 0. The highest BCUT2D eigenvalue weighted by molar-refractivity contribution is 7.89. The molecule has 1 atom stereocenters. The summed E-state index contributed by atoms with van der Waals surface area (Å²) in [4.78, 5) is 24.9. The maximum absolute atomic E-state index is 12.5. The predicted molar refractivity (Wildman–Crippen MR) is 112 cm³/mol. The molecule has 30 heavy (non-hydrogen) atoms. The number of rotatable bonds is 6.